The minimum atomic E-state index is 0.735. The van der Waals surface area contributed by atoms with Crippen LogP contribution in [-0.2, 0) is 0 Å². The van der Waals surface area contributed by atoms with Crippen molar-refractivity contribution in [3.05, 3.63) is 35.5 Å². The van der Waals surface area contributed by atoms with Gasteiger partial charge in [0.1, 0.15) is 5.82 Å². The van der Waals surface area contributed by atoms with Crippen LogP contribution in [0.4, 0.5) is 5.82 Å². The van der Waals surface area contributed by atoms with Gasteiger partial charge < -0.3 is 5.73 Å². The van der Waals surface area contributed by atoms with Gasteiger partial charge in [-0.3, -0.25) is 0 Å². The third-order valence-corrected chi connectivity index (χ3v) is 3.92. The number of nitrogens with two attached hydrogens (primary N) is 1. The molecular weight excluding hydrogens is 242 g/mol. The van der Waals surface area contributed by atoms with E-state index in [1.165, 1.54) is 11.1 Å². The molecule has 0 bridgehead atoms. The quantitative estimate of drug-likeness (QED) is 0.856. The van der Waals surface area contributed by atoms with Crippen LogP contribution >= 0.6 is 11.8 Å². The molecule has 0 amide bonds. The summed E-state index contributed by atoms with van der Waals surface area (Å²) in [6.07, 6.45) is 2.99. The second-order valence-corrected chi connectivity index (χ2v) is 5.64. The molecule has 0 fully saturated rings. The number of rotatable bonds is 4. The Morgan fingerprint density at radius 1 is 1.22 bits per heavy atom. The lowest BCUT2D eigenvalue weighted by Crippen LogP contribution is -2.02. The van der Waals surface area contributed by atoms with Gasteiger partial charge in [0.15, 0.2) is 0 Å². The zero-order chi connectivity index (χ0) is 13.1. The minimum absolute atomic E-state index is 0.735. The second kappa shape index (κ2) is 5.48. The van der Waals surface area contributed by atoms with Crippen LogP contribution in [-0.4, -0.2) is 15.5 Å². The molecule has 2 N–H and O–H groups in total. The summed E-state index contributed by atoms with van der Waals surface area (Å²) in [5.74, 6) is 1.81. The van der Waals surface area contributed by atoms with Crippen molar-refractivity contribution >= 4 is 17.6 Å². The smallest absolute Gasteiger partial charge is 0.140 e. The van der Waals surface area contributed by atoms with Crippen LogP contribution in [0.1, 0.15) is 24.5 Å². The SMILES string of the molecule is CCCSc1cnn(-c2cc(C)cc(C)c2)c1N. The molecule has 0 atom stereocenters. The first-order chi connectivity index (χ1) is 8.61. The van der Waals surface area contributed by atoms with Crippen molar-refractivity contribution in [1.29, 1.82) is 0 Å². The van der Waals surface area contributed by atoms with Crippen molar-refractivity contribution in [1.82, 2.24) is 9.78 Å². The predicted molar refractivity (Wildman–Crippen MR) is 78.5 cm³/mol. The number of nitrogens with zero attached hydrogens (tertiary/aromatic N) is 2. The molecule has 96 valence electrons. The number of hydrogen-bond acceptors (Lipinski definition) is 3. The zero-order valence-corrected chi connectivity index (χ0v) is 11.9. The van der Waals surface area contributed by atoms with Gasteiger partial charge in [0.25, 0.3) is 0 Å². The lowest BCUT2D eigenvalue weighted by molar-refractivity contribution is 0.888. The Labute approximate surface area is 112 Å². The molecule has 18 heavy (non-hydrogen) atoms. The highest BCUT2D eigenvalue weighted by Gasteiger charge is 2.09. The standard InChI is InChI=1S/C14H19N3S/c1-4-5-18-13-9-16-17(14(13)15)12-7-10(2)6-11(3)8-12/h6-9H,4-5,15H2,1-3H3. The summed E-state index contributed by atoms with van der Waals surface area (Å²) in [7, 11) is 0. The van der Waals surface area contributed by atoms with E-state index in [9.17, 15) is 0 Å². The normalized spacial score (nSPS) is 10.8. The van der Waals surface area contributed by atoms with Gasteiger partial charge in [-0.25, -0.2) is 4.68 Å². The van der Waals surface area contributed by atoms with Crippen LogP contribution in [0.2, 0.25) is 0 Å². The van der Waals surface area contributed by atoms with Gasteiger partial charge in [0.05, 0.1) is 16.8 Å². The molecule has 0 saturated heterocycles. The molecule has 2 rings (SSSR count). The van der Waals surface area contributed by atoms with E-state index in [0.29, 0.717) is 0 Å². The Morgan fingerprint density at radius 2 is 1.89 bits per heavy atom. The Kier molecular flexibility index (Phi) is 3.97. The third kappa shape index (κ3) is 2.70. The average molecular weight is 261 g/mol. The molecule has 0 unspecified atom stereocenters. The minimum Gasteiger partial charge on any atom is -0.383 e. The monoisotopic (exact) mass is 261 g/mol. The largest absolute Gasteiger partial charge is 0.383 e. The summed E-state index contributed by atoms with van der Waals surface area (Å²) in [5, 5.41) is 4.39. The van der Waals surface area contributed by atoms with E-state index in [1.54, 1.807) is 11.8 Å². The van der Waals surface area contributed by atoms with E-state index in [1.807, 2.05) is 10.9 Å². The predicted octanol–water partition coefficient (Wildman–Crippen LogP) is 3.57. The van der Waals surface area contributed by atoms with Crippen LogP contribution in [0.25, 0.3) is 5.69 Å². The molecular formula is C14H19N3S. The zero-order valence-electron chi connectivity index (χ0n) is 11.1. The van der Waals surface area contributed by atoms with E-state index in [-0.39, 0.29) is 0 Å². The van der Waals surface area contributed by atoms with Gasteiger partial charge in [-0.2, -0.15) is 5.10 Å². The fourth-order valence-electron chi connectivity index (χ4n) is 1.94. The Morgan fingerprint density at radius 3 is 2.50 bits per heavy atom. The van der Waals surface area contributed by atoms with Crippen molar-refractivity contribution < 1.29 is 0 Å². The van der Waals surface area contributed by atoms with Gasteiger partial charge in [-0.15, -0.1) is 11.8 Å². The number of thioether (sulfide) groups is 1. The highest BCUT2D eigenvalue weighted by molar-refractivity contribution is 7.99. The van der Waals surface area contributed by atoms with Gasteiger partial charge in [0, 0.05) is 0 Å². The highest BCUT2D eigenvalue weighted by Crippen LogP contribution is 2.27. The summed E-state index contributed by atoms with van der Waals surface area (Å²) >= 11 is 1.76. The molecule has 1 aromatic carbocycles. The van der Waals surface area contributed by atoms with Crippen molar-refractivity contribution in [2.24, 2.45) is 0 Å². The fraction of sp³-hybridized carbons (Fsp3) is 0.357. The molecule has 0 spiro atoms. The van der Waals surface area contributed by atoms with Gasteiger partial charge >= 0.3 is 0 Å². The number of aryl methyl sites for hydroxylation is 2. The molecule has 1 heterocycles. The number of nitrogen functional groups attached to an aromatic ring is 1. The number of benzene rings is 1. The van der Waals surface area contributed by atoms with Gasteiger partial charge in [-0.05, 0) is 49.3 Å². The van der Waals surface area contributed by atoms with Crippen molar-refractivity contribution in [2.75, 3.05) is 11.5 Å². The Bertz CT molecular complexity index is 526. The summed E-state index contributed by atoms with van der Waals surface area (Å²) < 4.78 is 1.82. The van der Waals surface area contributed by atoms with Crippen LogP contribution in [0, 0.1) is 13.8 Å². The summed E-state index contributed by atoms with van der Waals surface area (Å²) in [4.78, 5) is 1.07. The van der Waals surface area contributed by atoms with Crippen LogP contribution < -0.4 is 5.73 Å². The maximum atomic E-state index is 6.16. The van der Waals surface area contributed by atoms with E-state index >= 15 is 0 Å². The molecule has 4 heteroatoms. The van der Waals surface area contributed by atoms with Crippen molar-refractivity contribution in [2.45, 2.75) is 32.1 Å². The lowest BCUT2D eigenvalue weighted by atomic mass is 10.1. The van der Waals surface area contributed by atoms with E-state index in [2.05, 4.69) is 44.1 Å². The van der Waals surface area contributed by atoms with Crippen molar-refractivity contribution in [3.8, 4) is 5.69 Å². The summed E-state index contributed by atoms with van der Waals surface area (Å²) in [5.41, 5.74) is 9.64. The highest BCUT2D eigenvalue weighted by atomic mass is 32.2. The molecule has 0 saturated carbocycles. The second-order valence-electron chi connectivity index (χ2n) is 4.50. The van der Waals surface area contributed by atoms with E-state index in [4.69, 9.17) is 5.73 Å². The van der Waals surface area contributed by atoms with Gasteiger partial charge in [0.2, 0.25) is 0 Å². The Balaban J connectivity index is 2.36. The maximum Gasteiger partial charge on any atom is 0.140 e. The third-order valence-electron chi connectivity index (χ3n) is 2.68. The number of hydrogen-bond donors (Lipinski definition) is 1. The first kappa shape index (κ1) is 13.0. The summed E-state index contributed by atoms with van der Waals surface area (Å²) in [6, 6.07) is 6.35. The van der Waals surface area contributed by atoms with E-state index in [0.717, 1.165) is 28.6 Å². The van der Waals surface area contributed by atoms with Gasteiger partial charge in [-0.1, -0.05) is 13.0 Å². The average Bonchev–Trinajstić information content (AvgIpc) is 2.67. The fourth-order valence-corrected chi connectivity index (χ4v) is 2.72. The molecule has 3 nitrogen and oxygen atoms in total. The number of aromatic nitrogens is 2. The topological polar surface area (TPSA) is 43.8 Å². The molecule has 1 aromatic heterocycles. The maximum absolute atomic E-state index is 6.16. The molecule has 0 aliphatic carbocycles. The molecule has 0 aliphatic heterocycles. The Hall–Kier alpha value is -1.42. The first-order valence-electron chi connectivity index (χ1n) is 6.16. The molecule has 0 radical (unpaired) electrons. The lowest BCUT2D eigenvalue weighted by Gasteiger charge is -2.07. The molecule has 0 aliphatic rings. The van der Waals surface area contributed by atoms with Crippen LogP contribution in [0.5, 0.6) is 0 Å². The first-order valence-corrected chi connectivity index (χ1v) is 7.15. The molecule has 2 aromatic rings. The summed E-state index contributed by atoms with van der Waals surface area (Å²) in [6.45, 7) is 6.34. The van der Waals surface area contributed by atoms with E-state index < -0.39 is 0 Å². The van der Waals surface area contributed by atoms with Crippen LogP contribution in [0.3, 0.4) is 0 Å². The van der Waals surface area contributed by atoms with Crippen LogP contribution in [0.15, 0.2) is 29.3 Å². The number of anilines is 1. The van der Waals surface area contributed by atoms with Crippen molar-refractivity contribution in [3.63, 3.8) is 0 Å².